The Morgan fingerprint density at radius 1 is 1.27 bits per heavy atom. The lowest BCUT2D eigenvalue weighted by Crippen LogP contribution is -2.41. The van der Waals surface area contributed by atoms with Crippen LogP contribution in [0.25, 0.3) is 0 Å². The van der Waals surface area contributed by atoms with E-state index >= 15 is 0 Å². The molecule has 0 aliphatic carbocycles. The third kappa shape index (κ3) is 9.04. The van der Waals surface area contributed by atoms with Crippen molar-refractivity contribution in [2.45, 2.75) is 25.2 Å². The fraction of sp³-hybridized carbons (Fsp3) is 0.650. The number of ether oxygens (including phenoxy) is 2. The standard InChI is InChI=1S/C20H34N4O4S.HI/c1-4-21-20(24-12-9-18(15-24)16-28-14-13-27-3)22-10-11-23-29(25,26)19-7-5-17(2)6-8-19;/h5-8,18,23H,4,9-16H2,1-3H3,(H,21,22);1H. The Morgan fingerprint density at radius 2 is 2.00 bits per heavy atom. The third-order valence-electron chi connectivity index (χ3n) is 4.70. The van der Waals surface area contributed by atoms with E-state index < -0.39 is 10.0 Å². The van der Waals surface area contributed by atoms with Crippen LogP contribution in [0.5, 0.6) is 0 Å². The number of halogens is 1. The van der Waals surface area contributed by atoms with Crippen molar-refractivity contribution in [3.8, 4) is 0 Å². The maximum absolute atomic E-state index is 12.4. The van der Waals surface area contributed by atoms with Crippen LogP contribution in [0, 0.1) is 12.8 Å². The summed E-state index contributed by atoms with van der Waals surface area (Å²) >= 11 is 0. The number of likely N-dealkylation sites (tertiary alicyclic amines) is 1. The van der Waals surface area contributed by atoms with E-state index in [9.17, 15) is 8.42 Å². The van der Waals surface area contributed by atoms with Gasteiger partial charge in [0.2, 0.25) is 10.0 Å². The van der Waals surface area contributed by atoms with Crippen molar-refractivity contribution >= 4 is 40.0 Å². The van der Waals surface area contributed by atoms with Crippen molar-refractivity contribution in [1.29, 1.82) is 0 Å². The van der Waals surface area contributed by atoms with Gasteiger partial charge in [-0.25, -0.2) is 13.1 Å². The summed E-state index contributed by atoms with van der Waals surface area (Å²) in [6.45, 7) is 9.08. The van der Waals surface area contributed by atoms with Crippen molar-refractivity contribution < 1.29 is 17.9 Å². The molecule has 0 aromatic heterocycles. The molecule has 8 nitrogen and oxygen atoms in total. The molecule has 1 aliphatic rings. The highest BCUT2D eigenvalue weighted by atomic mass is 127. The maximum atomic E-state index is 12.4. The molecule has 0 bridgehead atoms. The molecule has 2 rings (SSSR count). The minimum Gasteiger partial charge on any atom is -0.382 e. The summed E-state index contributed by atoms with van der Waals surface area (Å²) in [5.74, 6) is 1.29. The lowest BCUT2D eigenvalue weighted by molar-refractivity contribution is 0.0536. The van der Waals surface area contributed by atoms with Crippen molar-refractivity contribution in [1.82, 2.24) is 14.9 Å². The van der Waals surface area contributed by atoms with Crippen LogP contribution in [0.4, 0.5) is 0 Å². The predicted octanol–water partition coefficient (Wildman–Crippen LogP) is 1.84. The molecule has 1 saturated heterocycles. The van der Waals surface area contributed by atoms with Gasteiger partial charge in [0.05, 0.1) is 31.3 Å². The zero-order valence-corrected chi connectivity index (χ0v) is 21.2. The van der Waals surface area contributed by atoms with E-state index in [1.54, 1.807) is 31.4 Å². The van der Waals surface area contributed by atoms with Crippen LogP contribution in [-0.2, 0) is 19.5 Å². The monoisotopic (exact) mass is 554 g/mol. The molecular weight excluding hydrogens is 519 g/mol. The Balaban J connectivity index is 0.00000450. The number of nitrogens with one attached hydrogen (secondary N) is 2. The van der Waals surface area contributed by atoms with Gasteiger partial charge in [-0.3, -0.25) is 4.99 Å². The number of aliphatic imine (C=N–C) groups is 1. The topological polar surface area (TPSA) is 92.3 Å². The van der Waals surface area contributed by atoms with Gasteiger partial charge in [-0.2, -0.15) is 0 Å². The van der Waals surface area contributed by atoms with Crippen LogP contribution in [0.3, 0.4) is 0 Å². The van der Waals surface area contributed by atoms with Gasteiger partial charge < -0.3 is 19.7 Å². The number of methoxy groups -OCH3 is 1. The lowest BCUT2D eigenvalue weighted by atomic mass is 10.1. The second-order valence-electron chi connectivity index (χ2n) is 7.11. The number of nitrogens with zero attached hydrogens (tertiary/aromatic N) is 2. The highest BCUT2D eigenvalue weighted by Crippen LogP contribution is 2.16. The number of hydrogen-bond acceptors (Lipinski definition) is 5. The Hall–Kier alpha value is -0.950. The predicted molar refractivity (Wildman–Crippen MR) is 130 cm³/mol. The number of sulfonamides is 1. The van der Waals surface area contributed by atoms with E-state index in [2.05, 4.69) is 19.9 Å². The summed E-state index contributed by atoms with van der Waals surface area (Å²) < 4.78 is 38.0. The van der Waals surface area contributed by atoms with Crippen LogP contribution in [0.1, 0.15) is 18.9 Å². The average Bonchev–Trinajstić information content (AvgIpc) is 3.17. The molecular formula is C20H35IN4O4S. The van der Waals surface area contributed by atoms with Crippen molar-refractivity contribution in [3.05, 3.63) is 29.8 Å². The number of rotatable bonds is 11. The van der Waals surface area contributed by atoms with Crippen LogP contribution in [-0.4, -0.2) is 78.9 Å². The highest BCUT2D eigenvalue weighted by Gasteiger charge is 2.25. The first kappa shape index (κ1) is 27.1. The van der Waals surface area contributed by atoms with Gasteiger partial charge in [-0.05, 0) is 32.4 Å². The molecule has 30 heavy (non-hydrogen) atoms. The number of guanidine groups is 1. The molecule has 172 valence electrons. The third-order valence-corrected chi connectivity index (χ3v) is 6.18. The molecule has 1 aliphatic heterocycles. The quantitative estimate of drug-likeness (QED) is 0.188. The number of hydrogen-bond donors (Lipinski definition) is 2. The molecule has 0 radical (unpaired) electrons. The Morgan fingerprint density at radius 3 is 2.67 bits per heavy atom. The largest absolute Gasteiger partial charge is 0.382 e. The van der Waals surface area contributed by atoms with E-state index in [-0.39, 0.29) is 35.4 Å². The minimum atomic E-state index is -3.51. The van der Waals surface area contributed by atoms with E-state index in [4.69, 9.17) is 9.47 Å². The number of benzene rings is 1. The summed E-state index contributed by atoms with van der Waals surface area (Å²) in [5, 5.41) is 3.29. The van der Waals surface area contributed by atoms with E-state index in [0.717, 1.165) is 44.2 Å². The fourth-order valence-electron chi connectivity index (χ4n) is 3.12. The first-order valence-corrected chi connectivity index (χ1v) is 11.6. The summed E-state index contributed by atoms with van der Waals surface area (Å²) in [6, 6.07) is 6.81. The Labute approximate surface area is 197 Å². The first-order chi connectivity index (χ1) is 14.0. The Kier molecular flexibility index (Phi) is 12.8. The summed E-state index contributed by atoms with van der Waals surface area (Å²) in [5.41, 5.74) is 1.02. The fourth-order valence-corrected chi connectivity index (χ4v) is 4.14. The molecule has 1 atom stereocenters. The van der Waals surface area contributed by atoms with Crippen LogP contribution in [0.15, 0.2) is 34.2 Å². The van der Waals surface area contributed by atoms with Crippen molar-refractivity contribution in [2.75, 3.05) is 59.7 Å². The maximum Gasteiger partial charge on any atom is 0.240 e. The first-order valence-electron chi connectivity index (χ1n) is 10.1. The van der Waals surface area contributed by atoms with Gasteiger partial charge in [0, 0.05) is 39.2 Å². The van der Waals surface area contributed by atoms with Crippen LogP contribution >= 0.6 is 24.0 Å². The molecule has 10 heteroatoms. The van der Waals surface area contributed by atoms with E-state index in [0.29, 0.717) is 25.7 Å². The van der Waals surface area contributed by atoms with Gasteiger partial charge in [-0.1, -0.05) is 17.7 Å². The van der Waals surface area contributed by atoms with Gasteiger partial charge in [0.15, 0.2) is 5.96 Å². The molecule has 2 N–H and O–H groups in total. The second-order valence-corrected chi connectivity index (χ2v) is 8.88. The normalized spacial score (nSPS) is 17.1. The van der Waals surface area contributed by atoms with Gasteiger partial charge in [0.25, 0.3) is 0 Å². The molecule has 1 fully saturated rings. The minimum absolute atomic E-state index is 0. The molecule has 0 saturated carbocycles. The molecule has 1 aromatic rings. The van der Waals surface area contributed by atoms with Gasteiger partial charge >= 0.3 is 0 Å². The van der Waals surface area contributed by atoms with Crippen molar-refractivity contribution in [2.24, 2.45) is 10.9 Å². The zero-order chi connectivity index (χ0) is 21.1. The van der Waals surface area contributed by atoms with Crippen molar-refractivity contribution in [3.63, 3.8) is 0 Å². The van der Waals surface area contributed by atoms with Gasteiger partial charge in [0.1, 0.15) is 0 Å². The average molecular weight is 554 g/mol. The second kappa shape index (κ2) is 14.2. The number of aryl methyl sites for hydroxylation is 1. The van der Waals surface area contributed by atoms with Crippen LogP contribution < -0.4 is 10.0 Å². The van der Waals surface area contributed by atoms with E-state index in [1.165, 1.54) is 0 Å². The summed E-state index contributed by atoms with van der Waals surface area (Å²) in [4.78, 5) is 7.08. The van der Waals surface area contributed by atoms with E-state index in [1.807, 2.05) is 13.8 Å². The SMILES string of the molecule is CCNC(=NCCNS(=O)(=O)c1ccc(C)cc1)N1CCC(COCCOC)C1.I. The Bertz CT molecular complexity index is 744. The molecule has 1 aromatic carbocycles. The van der Waals surface area contributed by atoms with Gasteiger partial charge in [-0.15, -0.1) is 24.0 Å². The molecule has 0 spiro atoms. The molecule has 0 amide bonds. The molecule has 1 unspecified atom stereocenters. The lowest BCUT2D eigenvalue weighted by Gasteiger charge is -2.21. The molecule has 1 heterocycles. The summed E-state index contributed by atoms with van der Waals surface area (Å²) in [7, 11) is -1.84. The smallest absolute Gasteiger partial charge is 0.240 e. The highest BCUT2D eigenvalue weighted by molar-refractivity contribution is 14.0. The van der Waals surface area contributed by atoms with Crippen LogP contribution in [0.2, 0.25) is 0 Å². The summed E-state index contributed by atoms with van der Waals surface area (Å²) in [6.07, 6.45) is 1.05. The zero-order valence-electron chi connectivity index (χ0n) is 18.1.